The van der Waals surface area contributed by atoms with Crippen molar-refractivity contribution < 1.29 is 0 Å². The SMILES string of the molecule is Cc1cc(Br)c(C(Br)c2cc3sccc3s2)s1. The maximum atomic E-state index is 3.82. The van der Waals surface area contributed by atoms with Crippen molar-refractivity contribution in [2.24, 2.45) is 0 Å². The number of hydrogen-bond acceptors (Lipinski definition) is 3. The van der Waals surface area contributed by atoms with Gasteiger partial charge in [-0.1, -0.05) is 15.9 Å². The Bertz CT molecular complexity index is 634. The summed E-state index contributed by atoms with van der Waals surface area (Å²) in [5.74, 6) is 0. The van der Waals surface area contributed by atoms with Gasteiger partial charge in [-0.2, -0.15) is 0 Å². The molecule has 0 aliphatic rings. The Balaban J connectivity index is 2.04. The lowest BCUT2D eigenvalue weighted by molar-refractivity contribution is 1.27. The van der Waals surface area contributed by atoms with Crippen molar-refractivity contribution in [2.75, 3.05) is 0 Å². The zero-order valence-corrected chi connectivity index (χ0v) is 14.5. The molecule has 0 amide bonds. The van der Waals surface area contributed by atoms with Crippen molar-refractivity contribution in [1.29, 1.82) is 0 Å². The van der Waals surface area contributed by atoms with E-state index in [-0.39, 0.29) is 0 Å². The number of halogens is 2. The van der Waals surface area contributed by atoms with Gasteiger partial charge in [0.25, 0.3) is 0 Å². The summed E-state index contributed by atoms with van der Waals surface area (Å²) in [5, 5.41) is 2.15. The third kappa shape index (κ3) is 2.28. The van der Waals surface area contributed by atoms with E-state index >= 15 is 0 Å². The zero-order chi connectivity index (χ0) is 12.0. The van der Waals surface area contributed by atoms with Crippen molar-refractivity contribution >= 4 is 75.3 Å². The monoisotopic (exact) mass is 406 g/mol. The number of alkyl halides is 1. The molecule has 0 nitrogen and oxygen atoms in total. The van der Waals surface area contributed by atoms with Crippen LogP contribution in [0.2, 0.25) is 0 Å². The molecule has 0 aliphatic carbocycles. The lowest BCUT2D eigenvalue weighted by Crippen LogP contribution is -1.85. The third-order valence-corrected chi connectivity index (χ3v) is 8.22. The predicted molar refractivity (Wildman–Crippen MR) is 87.2 cm³/mol. The second kappa shape index (κ2) is 4.78. The number of rotatable bonds is 2. The van der Waals surface area contributed by atoms with E-state index in [0.29, 0.717) is 4.83 Å². The van der Waals surface area contributed by atoms with Gasteiger partial charge in [-0.15, -0.1) is 34.0 Å². The first-order chi connectivity index (χ1) is 8.15. The Hall–Kier alpha value is 0.320. The van der Waals surface area contributed by atoms with E-state index < -0.39 is 0 Å². The van der Waals surface area contributed by atoms with Gasteiger partial charge in [-0.25, -0.2) is 0 Å². The average molecular weight is 408 g/mol. The molecule has 0 fully saturated rings. The summed E-state index contributed by atoms with van der Waals surface area (Å²) < 4.78 is 3.98. The highest BCUT2D eigenvalue weighted by atomic mass is 79.9. The minimum atomic E-state index is 0.306. The van der Waals surface area contributed by atoms with Crippen LogP contribution in [0.1, 0.15) is 19.5 Å². The topological polar surface area (TPSA) is 0 Å². The number of aryl methyl sites for hydroxylation is 1. The maximum Gasteiger partial charge on any atom is 0.0843 e. The maximum absolute atomic E-state index is 3.82. The smallest absolute Gasteiger partial charge is 0.0843 e. The standard InChI is InChI=1S/C12H8Br2S3/c1-6-4-7(13)12(16-6)11(14)10-5-9-8(17-10)2-3-15-9/h2-5,11H,1H3. The fraction of sp³-hybridized carbons (Fsp3) is 0.167. The summed E-state index contributed by atoms with van der Waals surface area (Å²) in [6.45, 7) is 2.14. The molecule has 0 aromatic carbocycles. The summed E-state index contributed by atoms with van der Waals surface area (Å²) in [7, 11) is 0. The van der Waals surface area contributed by atoms with Crippen LogP contribution in [0, 0.1) is 6.92 Å². The van der Waals surface area contributed by atoms with E-state index in [4.69, 9.17) is 0 Å². The van der Waals surface area contributed by atoms with Crippen molar-refractivity contribution in [3.63, 3.8) is 0 Å². The molecule has 0 bridgehead atoms. The molecule has 5 heteroatoms. The van der Waals surface area contributed by atoms with Gasteiger partial charge in [0, 0.05) is 28.5 Å². The second-order valence-corrected chi connectivity index (χ2v) is 8.85. The first-order valence-corrected chi connectivity index (χ1v) is 9.24. The summed E-state index contributed by atoms with van der Waals surface area (Å²) in [5.41, 5.74) is 0. The molecule has 0 aliphatic heterocycles. The highest BCUT2D eigenvalue weighted by molar-refractivity contribution is 9.11. The van der Waals surface area contributed by atoms with Crippen LogP contribution in [0.3, 0.4) is 0 Å². The highest BCUT2D eigenvalue weighted by Gasteiger charge is 2.18. The van der Waals surface area contributed by atoms with Gasteiger partial charge in [0.2, 0.25) is 0 Å². The van der Waals surface area contributed by atoms with E-state index in [2.05, 4.69) is 62.4 Å². The molecule has 0 spiro atoms. The van der Waals surface area contributed by atoms with E-state index in [0.717, 1.165) is 0 Å². The second-order valence-electron chi connectivity index (χ2n) is 3.73. The Labute approximate surface area is 129 Å². The van der Waals surface area contributed by atoms with Crippen LogP contribution in [0.15, 0.2) is 28.1 Å². The first-order valence-electron chi connectivity index (χ1n) is 5.02. The van der Waals surface area contributed by atoms with Crippen molar-refractivity contribution in [3.05, 3.63) is 42.7 Å². The summed E-state index contributed by atoms with van der Waals surface area (Å²) in [4.78, 5) is 4.39. The van der Waals surface area contributed by atoms with Gasteiger partial charge < -0.3 is 0 Å². The van der Waals surface area contributed by atoms with Gasteiger partial charge in [-0.05, 0) is 46.4 Å². The molecule has 3 aromatic rings. The summed E-state index contributed by atoms with van der Waals surface area (Å²) in [6.07, 6.45) is 0. The Morgan fingerprint density at radius 1 is 1.18 bits per heavy atom. The molecular weight excluding hydrogens is 400 g/mol. The Morgan fingerprint density at radius 3 is 2.65 bits per heavy atom. The normalized spacial score (nSPS) is 13.4. The van der Waals surface area contributed by atoms with Crippen molar-refractivity contribution in [1.82, 2.24) is 0 Å². The van der Waals surface area contributed by atoms with Crippen molar-refractivity contribution in [2.45, 2.75) is 11.8 Å². The molecule has 1 atom stereocenters. The first kappa shape index (κ1) is 12.4. The number of hydrogen-bond donors (Lipinski definition) is 0. The molecule has 0 saturated heterocycles. The number of thiophene rings is 3. The van der Waals surface area contributed by atoms with E-state index in [9.17, 15) is 0 Å². The average Bonchev–Trinajstić information content (AvgIpc) is 2.90. The molecule has 3 heterocycles. The lowest BCUT2D eigenvalue weighted by Gasteiger charge is -2.05. The largest absolute Gasteiger partial charge is 0.143 e. The predicted octanol–water partition coefficient (Wildman–Crippen LogP) is 6.58. The minimum absolute atomic E-state index is 0.306. The van der Waals surface area contributed by atoms with Crippen LogP contribution in [0.4, 0.5) is 0 Å². The van der Waals surface area contributed by atoms with E-state index in [1.54, 1.807) is 0 Å². The Morgan fingerprint density at radius 2 is 2.00 bits per heavy atom. The van der Waals surface area contributed by atoms with Gasteiger partial charge >= 0.3 is 0 Å². The molecule has 3 rings (SSSR count). The lowest BCUT2D eigenvalue weighted by atomic mass is 10.3. The molecule has 0 saturated carbocycles. The van der Waals surface area contributed by atoms with Gasteiger partial charge in [-0.3, -0.25) is 0 Å². The molecule has 0 N–H and O–H groups in total. The van der Waals surface area contributed by atoms with Crippen LogP contribution < -0.4 is 0 Å². The molecule has 0 radical (unpaired) electrons. The van der Waals surface area contributed by atoms with Gasteiger partial charge in [0.1, 0.15) is 0 Å². The molecule has 1 unspecified atom stereocenters. The third-order valence-electron chi connectivity index (χ3n) is 2.47. The fourth-order valence-electron chi connectivity index (χ4n) is 1.71. The van der Waals surface area contributed by atoms with Crippen LogP contribution >= 0.6 is 65.9 Å². The van der Waals surface area contributed by atoms with Gasteiger partial charge in [0.15, 0.2) is 0 Å². The molecular formula is C12H8Br2S3. The fourth-order valence-corrected chi connectivity index (χ4v) is 7.02. The molecule has 3 aromatic heterocycles. The molecule has 17 heavy (non-hydrogen) atoms. The summed E-state index contributed by atoms with van der Waals surface area (Å²) in [6, 6.07) is 6.68. The summed E-state index contributed by atoms with van der Waals surface area (Å²) >= 11 is 13.0. The number of fused-ring (bicyclic) bond motifs is 1. The molecule has 88 valence electrons. The van der Waals surface area contributed by atoms with Crippen LogP contribution in [0.5, 0.6) is 0 Å². The van der Waals surface area contributed by atoms with Crippen LogP contribution in [-0.2, 0) is 0 Å². The van der Waals surface area contributed by atoms with E-state index in [1.165, 1.54) is 28.5 Å². The van der Waals surface area contributed by atoms with Crippen molar-refractivity contribution in [3.8, 4) is 0 Å². The van der Waals surface area contributed by atoms with Crippen LogP contribution in [-0.4, -0.2) is 0 Å². The Kier molecular flexibility index (Phi) is 3.47. The zero-order valence-electron chi connectivity index (χ0n) is 8.87. The minimum Gasteiger partial charge on any atom is -0.143 e. The highest BCUT2D eigenvalue weighted by Crippen LogP contribution is 2.44. The van der Waals surface area contributed by atoms with Gasteiger partial charge in [0.05, 0.1) is 4.83 Å². The van der Waals surface area contributed by atoms with Crippen LogP contribution in [0.25, 0.3) is 9.40 Å². The quantitative estimate of drug-likeness (QED) is 0.421. The van der Waals surface area contributed by atoms with E-state index in [1.807, 2.05) is 34.0 Å².